The number of ether oxygens (including phenoxy) is 1. The third kappa shape index (κ3) is 6.37. The maximum atomic E-state index is 12.6. The molecule has 0 bridgehead atoms. The second-order valence-corrected chi connectivity index (χ2v) is 6.32. The van der Waals surface area contributed by atoms with Gasteiger partial charge in [0.15, 0.2) is 6.29 Å². The second-order valence-electron chi connectivity index (χ2n) is 6.32. The molecule has 0 aromatic heterocycles. The van der Waals surface area contributed by atoms with Crippen LogP contribution in [0.15, 0.2) is 0 Å². The molecule has 0 aliphatic heterocycles. The van der Waals surface area contributed by atoms with Gasteiger partial charge in [-0.05, 0) is 0 Å². The van der Waals surface area contributed by atoms with E-state index in [4.69, 9.17) is 25.2 Å². The molecule has 0 aliphatic rings. The molecular formula is C16H26O15. The molecule has 0 aromatic rings. The second kappa shape index (κ2) is 12.9. The molecule has 0 radical (unpaired) electrons. The van der Waals surface area contributed by atoms with Crippen LogP contribution in [0.4, 0.5) is 0 Å². The van der Waals surface area contributed by atoms with Crippen molar-refractivity contribution < 1.29 is 75.0 Å². The highest BCUT2D eigenvalue weighted by Gasteiger charge is 2.60. The zero-order valence-corrected chi connectivity index (χ0v) is 16.0. The average Bonchev–Trinajstić information content (AvgIpc) is 2.80. The van der Waals surface area contributed by atoms with Crippen molar-refractivity contribution in [2.75, 3.05) is 26.4 Å². The molecule has 15 nitrogen and oxygen atoms in total. The molecule has 7 atom stereocenters. The van der Waals surface area contributed by atoms with E-state index in [1.54, 1.807) is 0 Å². The number of Topliss-reactive ketones (excluding diaryl/α,β-unsaturated/α-hetero) is 3. The van der Waals surface area contributed by atoms with E-state index in [1.807, 2.05) is 0 Å². The van der Waals surface area contributed by atoms with Crippen LogP contribution in [0.25, 0.3) is 0 Å². The van der Waals surface area contributed by atoms with Gasteiger partial charge < -0.3 is 60.6 Å². The van der Waals surface area contributed by atoms with E-state index in [9.17, 15) is 49.8 Å². The Hall–Kier alpha value is -1.76. The molecular weight excluding hydrogens is 432 g/mol. The minimum absolute atomic E-state index is 0.372. The van der Waals surface area contributed by atoms with Crippen LogP contribution in [0.3, 0.4) is 0 Å². The lowest BCUT2D eigenvalue weighted by molar-refractivity contribution is -0.198. The minimum atomic E-state index is -3.87. The fourth-order valence-corrected chi connectivity index (χ4v) is 2.40. The molecule has 0 rings (SSSR count). The van der Waals surface area contributed by atoms with E-state index in [2.05, 4.69) is 0 Å². The van der Waals surface area contributed by atoms with Crippen molar-refractivity contribution >= 4 is 23.6 Å². The normalized spacial score (nSPS) is 20.5. The Morgan fingerprint density at radius 3 is 1.29 bits per heavy atom. The zero-order chi connectivity index (χ0) is 24.5. The van der Waals surface area contributed by atoms with Crippen LogP contribution in [0.5, 0.6) is 0 Å². The highest BCUT2D eigenvalue weighted by molar-refractivity contribution is 6.31. The van der Waals surface area contributed by atoms with Gasteiger partial charge in [-0.1, -0.05) is 0 Å². The predicted molar refractivity (Wildman–Crippen MR) is 93.1 cm³/mol. The molecule has 0 heterocycles. The summed E-state index contributed by atoms with van der Waals surface area (Å²) in [5.41, 5.74) is -3.87. The van der Waals surface area contributed by atoms with Crippen molar-refractivity contribution in [3.05, 3.63) is 0 Å². The van der Waals surface area contributed by atoms with Crippen LogP contribution >= 0.6 is 0 Å². The number of hydrogen-bond donors (Lipinski definition) is 10. The lowest BCUT2D eigenvalue weighted by Crippen LogP contribution is -2.67. The quantitative estimate of drug-likeness (QED) is 0.0759. The number of aliphatic hydroxyl groups is 10. The number of hydrogen-bond acceptors (Lipinski definition) is 15. The number of ketones is 3. The van der Waals surface area contributed by atoms with Gasteiger partial charge in [0.25, 0.3) is 5.60 Å². The average molecular weight is 458 g/mol. The monoisotopic (exact) mass is 458 g/mol. The van der Waals surface area contributed by atoms with Crippen LogP contribution in [0.1, 0.15) is 0 Å². The molecule has 0 saturated carbocycles. The van der Waals surface area contributed by atoms with E-state index < -0.39 is 92.1 Å². The van der Waals surface area contributed by atoms with Crippen molar-refractivity contribution in [1.82, 2.24) is 0 Å². The first-order chi connectivity index (χ1) is 14.4. The fourth-order valence-electron chi connectivity index (χ4n) is 2.40. The molecule has 0 amide bonds. The van der Waals surface area contributed by atoms with Crippen LogP contribution in [0.2, 0.25) is 0 Å². The topological polar surface area (TPSA) is 280 Å². The molecule has 10 N–H and O–H groups in total. The largest absolute Gasteiger partial charge is 0.394 e. The van der Waals surface area contributed by atoms with E-state index in [0.29, 0.717) is 0 Å². The summed E-state index contributed by atoms with van der Waals surface area (Å²) in [7, 11) is 0. The summed E-state index contributed by atoms with van der Waals surface area (Å²) in [6.45, 7) is -5.44. The van der Waals surface area contributed by atoms with Crippen molar-refractivity contribution in [2.24, 2.45) is 0 Å². The Labute approximate surface area is 174 Å². The Morgan fingerprint density at radius 2 is 1.03 bits per heavy atom. The number of carbonyl (C=O) groups is 4. The van der Waals surface area contributed by atoms with Gasteiger partial charge in [-0.15, -0.1) is 0 Å². The van der Waals surface area contributed by atoms with E-state index in [1.165, 1.54) is 0 Å². The van der Waals surface area contributed by atoms with Crippen LogP contribution in [0, 0.1) is 0 Å². The third-order valence-corrected chi connectivity index (χ3v) is 4.18. The highest BCUT2D eigenvalue weighted by Crippen LogP contribution is 2.26. The number of aliphatic hydroxyl groups excluding tert-OH is 10. The fraction of sp³-hybridized carbons (Fsp3) is 0.750. The molecule has 0 spiro atoms. The van der Waals surface area contributed by atoms with Gasteiger partial charge in [0.05, 0.1) is 26.4 Å². The summed E-state index contributed by atoms with van der Waals surface area (Å²) >= 11 is 0. The molecule has 0 saturated heterocycles. The van der Waals surface area contributed by atoms with Crippen LogP contribution < -0.4 is 0 Å². The first kappa shape index (κ1) is 29.2. The Kier molecular flexibility index (Phi) is 12.2. The molecule has 0 aromatic carbocycles. The van der Waals surface area contributed by atoms with Crippen molar-refractivity contribution in [2.45, 2.75) is 48.3 Å². The molecule has 0 fully saturated rings. The van der Waals surface area contributed by atoms with Gasteiger partial charge >= 0.3 is 0 Å². The summed E-state index contributed by atoms with van der Waals surface area (Å²) in [6, 6.07) is 0. The van der Waals surface area contributed by atoms with Gasteiger partial charge in [0.2, 0.25) is 17.3 Å². The van der Waals surface area contributed by atoms with Gasteiger partial charge in [-0.25, -0.2) is 0 Å². The first-order valence-corrected chi connectivity index (χ1v) is 8.68. The van der Waals surface area contributed by atoms with Crippen LogP contribution in [-0.4, -0.2) is 149 Å². The molecule has 31 heavy (non-hydrogen) atoms. The Bertz CT molecular complexity index is 567. The van der Waals surface area contributed by atoms with E-state index in [0.717, 1.165) is 0 Å². The summed E-state index contributed by atoms with van der Waals surface area (Å²) in [5.74, 6) is -6.16. The maximum Gasteiger partial charge on any atom is 0.252 e. The van der Waals surface area contributed by atoms with Crippen molar-refractivity contribution in [3.8, 4) is 0 Å². The summed E-state index contributed by atoms with van der Waals surface area (Å²) in [6.07, 6.45) is -17.7. The molecule has 15 heteroatoms. The third-order valence-electron chi connectivity index (χ3n) is 4.18. The maximum absolute atomic E-state index is 12.6. The van der Waals surface area contributed by atoms with Gasteiger partial charge in [0, 0.05) is 0 Å². The first-order valence-electron chi connectivity index (χ1n) is 8.68. The minimum Gasteiger partial charge on any atom is -0.394 e. The standard InChI is InChI=1S/C16H26O15/c17-1-6(22)11(26)12(27)10(5-21)31-16(13(28)7(23)2-18,14(29)8(24)3-19)15(30)9(25)4-20/h5-12,17-20,22-27H,1-4H2/t6-,7?,8?,9?,10+,11-,12-,16?/m1/s1. The SMILES string of the molecule is O=C[C@H](OC(C(=O)C(O)CO)(C(=O)C(O)CO)C(=O)C(O)CO)[C@@H](O)[C@H](O)[C@H](O)CO. The van der Waals surface area contributed by atoms with Gasteiger partial charge in [-0.2, -0.15) is 0 Å². The number of rotatable bonds is 16. The van der Waals surface area contributed by atoms with Crippen LogP contribution in [-0.2, 0) is 23.9 Å². The molecule has 180 valence electrons. The van der Waals surface area contributed by atoms with Crippen molar-refractivity contribution in [3.63, 3.8) is 0 Å². The highest BCUT2D eigenvalue weighted by atomic mass is 16.5. The Balaban J connectivity index is 6.72. The van der Waals surface area contributed by atoms with Gasteiger partial charge in [0.1, 0.15) is 42.7 Å². The lowest BCUT2D eigenvalue weighted by atomic mass is 9.80. The molecule has 0 aliphatic carbocycles. The Morgan fingerprint density at radius 1 is 0.677 bits per heavy atom. The lowest BCUT2D eigenvalue weighted by Gasteiger charge is -2.37. The number of carbonyl (C=O) groups excluding carboxylic acids is 4. The van der Waals surface area contributed by atoms with Crippen molar-refractivity contribution in [1.29, 1.82) is 0 Å². The summed E-state index contributed by atoms with van der Waals surface area (Å²) in [5, 5.41) is 94.1. The van der Waals surface area contributed by atoms with Gasteiger partial charge in [-0.3, -0.25) is 14.4 Å². The zero-order valence-electron chi connectivity index (χ0n) is 16.0. The van der Waals surface area contributed by atoms with E-state index in [-0.39, 0.29) is 6.29 Å². The predicted octanol–water partition coefficient (Wildman–Crippen LogP) is -7.85. The summed E-state index contributed by atoms with van der Waals surface area (Å²) < 4.78 is 4.79. The van der Waals surface area contributed by atoms with E-state index >= 15 is 0 Å². The molecule has 3 unspecified atom stereocenters. The smallest absolute Gasteiger partial charge is 0.252 e. The number of aldehydes is 1. The summed E-state index contributed by atoms with van der Waals surface area (Å²) in [4.78, 5) is 49.3.